The van der Waals surface area contributed by atoms with Crippen molar-refractivity contribution >= 4 is 65.5 Å². The van der Waals surface area contributed by atoms with E-state index in [1.165, 1.54) is 38.2 Å². The third-order valence-corrected chi connectivity index (χ3v) is 12.7. The Balaban J connectivity index is 0.959. The van der Waals surface area contributed by atoms with E-state index in [4.69, 9.17) is 9.97 Å². The first-order valence-electron chi connectivity index (χ1n) is 21.4. The Morgan fingerprint density at radius 2 is 0.794 bits per heavy atom. The van der Waals surface area contributed by atoms with Gasteiger partial charge < -0.3 is 9.13 Å². The summed E-state index contributed by atoms with van der Waals surface area (Å²) in [6.07, 6.45) is 1.88. The van der Waals surface area contributed by atoms with Crippen molar-refractivity contribution in [3.05, 3.63) is 225 Å². The van der Waals surface area contributed by atoms with Gasteiger partial charge in [-0.25, -0.2) is 4.98 Å². The quantitative estimate of drug-likeness (QED) is 0.168. The lowest BCUT2D eigenvalue weighted by molar-refractivity contribution is 1.08. The number of pyridine rings is 2. The van der Waals surface area contributed by atoms with Gasteiger partial charge in [0.05, 0.1) is 44.3 Å². The zero-order valence-corrected chi connectivity index (χ0v) is 34.1. The molecule has 5 nitrogen and oxygen atoms in total. The minimum absolute atomic E-state index is 0.891. The maximum Gasteiger partial charge on any atom is 0.138 e. The summed E-state index contributed by atoms with van der Waals surface area (Å²) >= 11 is 0. The summed E-state index contributed by atoms with van der Waals surface area (Å²) in [5.74, 6) is 0.891. The Kier molecular flexibility index (Phi) is 7.84. The highest BCUT2D eigenvalue weighted by atomic mass is 15.1. The molecule has 0 amide bonds. The molecule has 0 bridgehead atoms. The fourth-order valence-corrected chi connectivity index (χ4v) is 9.85. The van der Waals surface area contributed by atoms with E-state index in [0.29, 0.717) is 0 Å². The summed E-state index contributed by atoms with van der Waals surface area (Å²) < 4.78 is 7.06. The standard InChI is InChI=1S/C58H37N5/c1-3-15-38(16-4-1)42-35-50(39-17-5-2-6-18-39)60-57(36-42)63-52-25-11-8-22-46(52)49-34-41(29-31-55(49)63)40-28-30-54-48(33-40)45-21-7-10-24-51(45)61(54)43-19-13-20-44(37-43)62-53-26-12-9-23-47(53)58-56(62)27-14-32-59-58/h1-37H. The fourth-order valence-electron chi connectivity index (χ4n) is 9.85. The largest absolute Gasteiger partial charge is 0.309 e. The number of para-hydroxylation sites is 3. The number of aromatic nitrogens is 5. The van der Waals surface area contributed by atoms with Gasteiger partial charge in [0.2, 0.25) is 0 Å². The van der Waals surface area contributed by atoms with Gasteiger partial charge in [-0.1, -0.05) is 133 Å². The first kappa shape index (κ1) is 35.2. The normalized spacial score (nSPS) is 11.8. The van der Waals surface area contributed by atoms with Gasteiger partial charge in [0, 0.05) is 50.1 Å². The maximum atomic E-state index is 5.35. The van der Waals surface area contributed by atoms with E-state index in [1.807, 2.05) is 12.3 Å². The van der Waals surface area contributed by atoms with Crippen LogP contribution >= 0.6 is 0 Å². The van der Waals surface area contributed by atoms with Gasteiger partial charge in [0.25, 0.3) is 0 Å². The number of nitrogens with zero attached hydrogens (tertiary/aromatic N) is 5. The topological polar surface area (TPSA) is 40.6 Å². The molecule has 5 heterocycles. The minimum atomic E-state index is 0.891. The van der Waals surface area contributed by atoms with Crippen LogP contribution < -0.4 is 0 Å². The summed E-state index contributed by atoms with van der Waals surface area (Å²) in [4.78, 5) is 10.1. The fraction of sp³-hybridized carbons (Fsp3) is 0. The molecule has 294 valence electrons. The summed E-state index contributed by atoms with van der Waals surface area (Å²) in [5, 5.41) is 5.97. The van der Waals surface area contributed by atoms with Crippen LogP contribution in [-0.4, -0.2) is 23.7 Å². The van der Waals surface area contributed by atoms with Crippen LogP contribution in [0.5, 0.6) is 0 Å². The molecular weight excluding hydrogens is 767 g/mol. The van der Waals surface area contributed by atoms with Gasteiger partial charge in [0.1, 0.15) is 5.82 Å². The molecule has 13 rings (SSSR count). The van der Waals surface area contributed by atoms with E-state index in [2.05, 4.69) is 226 Å². The van der Waals surface area contributed by atoms with Crippen molar-refractivity contribution in [3.63, 3.8) is 0 Å². The Morgan fingerprint density at radius 3 is 1.46 bits per heavy atom. The Bertz CT molecular complexity index is 3800. The molecule has 0 N–H and O–H groups in total. The minimum Gasteiger partial charge on any atom is -0.309 e. The van der Waals surface area contributed by atoms with Crippen LogP contribution in [0.2, 0.25) is 0 Å². The van der Waals surface area contributed by atoms with Crippen LogP contribution in [0.1, 0.15) is 0 Å². The van der Waals surface area contributed by atoms with Crippen LogP contribution in [0.3, 0.4) is 0 Å². The smallest absolute Gasteiger partial charge is 0.138 e. The van der Waals surface area contributed by atoms with Crippen molar-refractivity contribution in [1.29, 1.82) is 0 Å². The van der Waals surface area contributed by atoms with Gasteiger partial charge in [-0.2, -0.15) is 0 Å². The van der Waals surface area contributed by atoms with E-state index < -0.39 is 0 Å². The van der Waals surface area contributed by atoms with Crippen molar-refractivity contribution < 1.29 is 0 Å². The van der Waals surface area contributed by atoms with Crippen molar-refractivity contribution in [2.45, 2.75) is 0 Å². The molecule has 63 heavy (non-hydrogen) atoms. The van der Waals surface area contributed by atoms with E-state index in [1.54, 1.807) is 0 Å². The van der Waals surface area contributed by atoms with Gasteiger partial charge >= 0.3 is 0 Å². The molecule has 0 unspecified atom stereocenters. The Hall–Kier alpha value is -8.54. The van der Waals surface area contributed by atoms with Gasteiger partial charge in [-0.15, -0.1) is 0 Å². The lowest BCUT2D eigenvalue weighted by atomic mass is 10.0. The third kappa shape index (κ3) is 5.57. The van der Waals surface area contributed by atoms with Crippen molar-refractivity contribution in [3.8, 4) is 50.7 Å². The molecule has 0 radical (unpaired) electrons. The number of rotatable bonds is 6. The van der Waals surface area contributed by atoms with Crippen LogP contribution in [0.4, 0.5) is 0 Å². The van der Waals surface area contributed by atoms with Gasteiger partial charge in [-0.05, 0) is 107 Å². The van der Waals surface area contributed by atoms with E-state index >= 15 is 0 Å². The molecule has 0 saturated heterocycles. The van der Waals surface area contributed by atoms with Gasteiger partial charge in [-0.3, -0.25) is 9.55 Å². The molecule has 0 aliphatic carbocycles. The summed E-state index contributed by atoms with van der Waals surface area (Å²) in [6.45, 7) is 0. The first-order valence-corrected chi connectivity index (χ1v) is 21.4. The summed E-state index contributed by atoms with van der Waals surface area (Å²) in [5.41, 5.74) is 16.7. The highest BCUT2D eigenvalue weighted by molar-refractivity contribution is 6.13. The molecule has 0 aliphatic heterocycles. The molecule has 13 aromatic rings. The predicted octanol–water partition coefficient (Wildman–Crippen LogP) is 14.8. The molecule has 0 fully saturated rings. The second kappa shape index (κ2) is 14.0. The average Bonchev–Trinajstić information content (AvgIpc) is 4.00. The molecule has 0 saturated carbocycles. The number of hydrogen-bond donors (Lipinski definition) is 0. The van der Waals surface area contributed by atoms with Crippen LogP contribution in [0.25, 0.3) is 116 Å². The molecule has 5 aromatic heterocycles. The average molecular weight is 804 g/mol. The molecule has 8 aromatic carbocycles. The number of hydrogen-bond acceptors (Lipinski definition) is 2. The van der Waals surface area contributed by atoms with E-state index in [9.17, 15) is 0 Å². The molecule has 0 aliphatic rings. The van der Waals surface area contributed by atoms with E-state index in [0.717, 1.165) is 78.1 Å². The number of fused-ring (bicyclic) bond motifs is 9. The van der Waals surface area contributed by atoms with E-state index in [-0.39, 0.29) is 0 Å². The highest BCUT2D eigenvalue weighted by Crippen LogP contribution is 2.40. The molecule has 0 atom stereocenters. The first-order chi connectivity index (χ1) is 31.2. The maximum absolute atomic E-state index is 5.35. The lowest BCUT2D eigenvalue weighted by Gasteiger charge is -2.13. The second-order valence-electron chi connectivity index (χ2n) is 16.2. The van der Waals surface area contributed by atoms with Crippen molar-refractivity contribution in [1.82, 2.24) is 23.7 Å². The summed E-state index contributed by atoms with van der Waals surface area (Å²) in [6, 6.07) is 78.4. The van der Waals surface area contributed by atoms with Crippen LogP contribution in [-0.2, 0) is 0 Å². The highest BCUT2D eigenvalue weighted by Gasteiger charge is 2.19. The zero-order chi connectivity index (χ0) is 41.4. The lowest BCUT2D eigenvalue weighted by Crippen LogP contribution is -2.00. The molecule has 5 heteroatoms. The SMILES string of the molecule is c1ccc(-c2cc(-c3ccccc3)nc(-n3c4ccccc4c4cc(-c5ccc6c(c5)c5ccccc5n6-c5cccc(-n6c7ccccc7c7ncccc76)c5)ccc43)c2)cc1. The third-order valence-electron chi connectivity index (χ3n) is 12.7. The van der Waals surface area contributed by atoms with Crippen molar-refractivity contribution in [2.75, 3.05) is 0 Å². The van der Waals surface area contributed by atoms with Crippen LogP contribution in [0, 0.1) is 0 Å². The van der Waals surface area contributed by atoms with Gasteiger partial charge in [0.15, 0.2) is 0 Å². The Morgan fingerprint density at radius 1 is 0.286 bits per heavy atom. The van der Waals surface area contributed by atoms with Crippen LogP contribution in [0.15, 0.2) is 225 Å². The van der Waals surface area contributed by atoms with Crippen molar-refractivity contribution in [2.24, 2.45) is 0 Å². The predicted molar refractivity (Wildman–Crippen MR) is 261 cm³/mol. The summed E-state index contributed by atoms with van der Waals surface area (Å²) in [7, 11) is 0. The zero-order valence-electron chi connectivity index (χ0n) is 34.1. The number of benzene rings is 8. The molecular formula is C58H37N5. The molecule has 0 spiro atoms. The Labute approximate surface area is 363 Å². The second-order valence-corrected chi connectivity index (χ2v) is 16.2. The monoisotopic (exact) mass is 803 g/mol.